The van der Waals surface area contributed by atoms with Crippen molar-refractivity contribution in [1.82, 2.24) is 10.3 Å². The van der Waals surface area contributed by atoms with Gasteiger partial charge in [-0.1, -0.05) is 25.2 Å². The van der Waals surface area contributed by atoms with Gasteiger partial charge in [0.15, 0.2) is 5.13 Å². The number of nitrogens with one attached hydrogen (secondary N) is 2. The van der Waals surface area contributed by atoms with Crippen LogP contribution in [-0.2, 0) is 0 Å². The van der Waals surface area contributed by atoms with Crippen molar-refractivity contribution in [1.29, 1.82) is 0 Å². The minimum absolute atomic E-state index is 0.0955. The van der Waals surface area contributed by atoms with Gasteiger partial charge in [0.2, 0.25) is 0 Å². The van der Waals surface area contributed by atoms with Crippen LogP contribution in [0.3, 0.4) is 0 Å². The third kappa shape index (κ3) is 3.37. The van der Waals surface area contributed by atoms with Crippen LogP contribution in [0.1, 0.15) is 49.7 Å². The van der Waals surface area contributed by atoms with Crippen molar-refractivity contribution in [3.8, 4) is 0 Å². The summed E-state index contributed by atoms with van der Waals surface area (Å²) in [5.74, 6) is 0.220. The summed E-state index contributed by atoms with van der Waals surface area (Å²) in [6, 6.07) is 0.256. The van der Waals surface area contributed by atoms with Crippen LogP contribution in [0.25, 0.3) is 0 Å². The average molecular weight is 282 g/mol. The third-order valence-electron chi connectivity index (χ3n) is 3.49. The predicted octanol–water partition coefficient (Wildman–Crippen LogP) is 2.47. The Balaban J connectivity index is 2.00. The van der Waals surface area contributed by atoms with Crippen LogP contribution in [-0.4, -0.2) is 23.5 Å². The standard InChI is InChI=1S/C13H22N4OS/c1-4-15-12-17-10(14)9(19-12)11(18)16-8-5-6-13(2,3)7-8/h8H,4-7,14H2,1-3H3,(H,15,17)(H,16,18). The Hall–Kier alpha value is -1.30. The molecule has 0 bridgehead atoms. The molecule has 1 aromatic heterocycles. The number of nitrogens with two attached hydrogens (primary N) is 1. The average Bonchev–Trinajstić information content (AvgIpc) is 2.82. The fraction of sp³-hybridized carbons (Fsp3) is 0.692. The second-order valence-corrected chi connectivity index (χ2v) is 6.84. The molecule has 1 aromatic rings. The molecule has 0 spiro atoms. The van der Waals surface area contributed by atoms with Crippen molar-refractivity contribution in [2.24, 2.45) is 5.41 Å². The van der Waals surface area contributed by atoms with E-state index in [-0.39, 0.29) is 11.9 Å². The maximum absolute atomic E-state index is 12.2. The minimum atomic E-state index is -0.0955. The number of hydrogen-bond donors (Lipinski definition) is 3. The van der Waals surface area contributed by atoms with Crippen molar-refractivity contribution in [2.75, 3.05) is 17.6 Å². The summed E-state index contributed by atoms with van der Waals surface area (Å²) in [5, 5.41) is 6.85. The van der Waals surface area contributed by atoms with E-state index in [4.69, 9.17) is 5.73 Å². The molecule has 106 valence electrons. The largest absolute Gasteiger partial charge is 0.382 e. The molecule has 1 unspecified atom stereocenters. The van der Waals surface area contributed by atoms with Crippen LogP contribution in [0.15, 0.2) is 0 Å². The number of carbonyl (C=O) groups is 1. The molecule has 19 heavy (non-hydrogen) atoms. The Kier molecular flexibility index (Phi) is 3.99. The Morgan fingerprint density at radius 1 is 1.58 bits per heavy atom. The van der Waals surface area contributed by atoms with Crippen LogP contribution >= 0.6 is 11.3 Å². The first-order chi connectivity index (χ1) is 8.91. The zero-order valence-corrected chi connectivity index (χ0v) is 12.6. The Morgan fingerprint density at radius 3 is 2.89 bits per heavy atom. The molecule has 1 heterocycles. The third-order valence-corrected chi connectivity index (χ3v) is 4.52. The van der Waals surface area contributed by atoms with Crippen LogP contribution in [0.4, 0.5) is 10.9 Å². The fourth-order valence-corrected chi connectivity index (χ4v) is 3.39. The number of nitrogens with zero attached hydrogens (tertiary/aromatic N) is 1. The predicted molar refractivity (Wildman–Crippen MR) is 79.6 cm³/mol. The van der Waals surface area contributed by atoms with Crippen LogP contribution in [0.5, 0.6) is 0 Å². The number of aromatic nitrogens is 1. The molecule has 0 saturated heterocycles. The van der Waals surface area contributed by atoms with Crippen LogP contribution in [0, 0.1) is 5.41 Å². The molecule has 6 heteroatoms. The second kappa shape index (κ2) is 5.36. The van der Waals surface area contributed by atoms with Gasteiger partial charge in [0.1, 0.15) is 10.7 Å². The van der Waals surface area contributed by atoms with E-state index in [1.807, 2.05) is 6.92 Å². The SMILES string of the molecule is CCNc1nc(N)c(C(=O)NC2CCC(C)(C)C2)s1. The number of rotatable bonds is 4. The highest BCUT2D eigenvalue weighted by atomic mass is 32.1. The fourth-order valence-electron chi connectivity index (χ4n) is 2.53. The first-order valence-electron chi connectivity index (χ1n) is 6.72. The molecule has 1 atom stereocenters. The van der Waals surface area contributed by atoms with Crippen molar-refractivity contribution in [2.45, 2.75) is 46.1 Å². The highest BCUT2D eigenvalue weighted by molar-refractivity contribution is 7.18. The summed E-state index contributed by atoms with van der Waals surface area (Å²) in [5.41, 5.74) is 6.12. The normalized spacial score (nSPS) is 21.3. The van der Waals surface area contributed by atoms with Gasteiger partial charge < -0.3 is 16.4 Å². The van der Waals surface area contributed by atoms with Gasteiger partial charge >= 0.3 is 0 Å². The summed E-state index contributed by atoms with van der Waals surface area (Å²) in [4.78, 5) is 16.9. The number of hydrogen-bond acceptors (Lipinski definition) is 5. The van der Waals surface area contributed by atoms with Crippen molar-refractivity contribution in [3.05, 3.63) is 4.88 Å². The lowest BCUT2D eigenvalue weighted by Gasteiger charge is -2.17. The maximum Gasteiger partial charge on any atom is 0.265 e. The lowest BCUT2D eigenvalue weighted by molar-refractivity contribution is 0.0941. The number of amides is 1. The van der Waals surface area contributed by atoms with Gasteiger partial charge in [-0.3, -0.25) is 4.79 Å². The zero-order chi connectivity index (χ0) is 14.0. The molecule has 1 amide bonds. The molecule has 1 fully saturated rings. The van der Waals surface area contributed by atoms with E-state index in [2.05, 4.69) is 29.5 Å². The molecule has 0 aromatic carbocycles. The van der Waals surface area contributed by atoms with E-state index in [1.54, 1.807) is 0 Å². The highest BCUT2D eigenvalue weighted by Gasteiger charge is 2.32. The van der Waals surface area contributed by atoms with E-state index in [1.165, 1.54) is 11.3 Å². The molecule has 1 aliphatic carbocycles. The van der Waals surface area contributed by atoms with E-state index < -0.39 is 0 Å². The quantitative estimate of drug-likeness (QED) is 0.792. The van der Waals surface area contributed by atoms with Gasteiger partial charge in [0, 0.05) is 12.6 Å². The number of thiazole rings is 1. The molecule has 1 saturated carbocycles. The van der Waals surface area contributed by atoms with E-state index >= 15 is 0 Å². The van der Waals surface area contributed by atoms with E-state index in [9.17, 15) is 4.79 Å². The summed E-state index contributed by atoms with van der Waals surface area (Å²) < 4.78 is 0. The Morgan fingerprint density at radius 2 is 2.32 bits per heavy atom. The van der Waals surface area contributed by atoms with Crippen molar-refractivity contribution in [3.63, 3.8) is 0 Å². The molecule has 4 N–H and O–H groups in total. The van der Waals surface area contributed by atoms with Crippen molar-refractivity contribution < 1.29 is 4.79 Å². The zero-order valence-electron chi connectivity index (χ0n) is 11.7. The highest BCUT2D eigenvalue weighted by Crippen LogP contribution is 2.37. The molecule has 0 radical (unpaired) electrons. The minimum Gasteiger partial charge on any atom is -0.382 e. The second-order valence-electron chi connectivity index (χ2n) is 5.84. The molecule has 1 aliphatic rings. The number of anilines is 2. The van der Waals surface area contributed by atoms with Crippen molar-refractivity contribution >= 4 is 28.2 Å². The number of nitrogen functional groups attached to an aromatic ring is 1. The molecule has 5 nitrogen and oxygen atoms in total. The monoisotopic (exact) mass is 282 g/mol. The summed E-state index contributed by atoms with van der Waals surface area (Å²) in [6.45, 7) is 7.23. The smallest absolute Gasteiger partial charge is 0.265 e. The van der Waals surface area contributed by atoms with Gasteiger partial charge in [-0.15, -0.1) is 0 Å². The summed E-state index contributed by atoms with van der Waals surface area (Å²) >= 11 is 1.32. The molecule has 2 rings (SSSR count). The van der Waals surface area contributed by atoms with Gasteiger partial charge in [-0.05, 0) is 31.6 Å². The van der Waals surface area contributed by atoms with Crippen LogP contribution < -0.4 is 16.4 Å². The topological polar surface area (TPSA) is 80.0 Å². The summed E-state index contributed by atoms with van der Waals surface area (Å²) in [7, 11) is 0. The van der Waals surface area contributed by atoms with Gasteiger partial charge in [-0.25, -0.2) is 4.98 Å². The number of carbonyl (C=O) groups excluding carboxylic acids is 1. The van der Waals surface area contributed by atoms with Gasteiger partial charge in [-0.2, -0.15) is 0 Å². The lowest BCUT2D eigenvalue weighted by atomic mass is 9.92. The first kappa shape index (κ1) is 14.1. The molecular formula is C13H22N4OS. The van der Waals surface area contributed by atoms with E-state index in [0.29, 0.717) is 21.2 Å². The Labute approximate surface area is 118 Å². The molecule has 0 aliphatic heterocycles. The summed E-state index contributed by atoms with van der Waals surface area (Å²) in [6.07, 6.45) is 3.22. The lowest BCUT2D eigenvalue weighted by Crippen LogP contribution is -2.33. The first-order valence-corrected chi connectivity index (χ1v) is 7.54. The van der Waals surface area contributed by atoms with Gasteiger partial charge in [0.25, 0.3) is 5.91 Å². The molecular weight excluding hydrogens is 260 g/mol. The Bertz CT molecular complexity index is 469. The van der Waals surface area contributed by atoms with E-state index in [0.717, 1.165) is 25.8 Å². The van der Waals surface area contributed by atoms with Gasteiger partial charge in [0.05, 0.1) is 0 Å². The maximum atomic E-state index is 12.2. The van der Waals surface area contributed by atoms with Crippen LogP contribution in [0.2, 0.25) is 0 Å².